The van der Waals surface area contributed by atoms with Gasteiger partial charge in [0.05, 0.1) is 6.04 Å². The van der Waals surface area contributed by atoms with Crippen molar-refractivity contribution in [2.75, 3.05) is 6.54 Å². The molecule has 0 aromatic rings. The average molecular weight is 225 g/mol. The lowest BCUT2D eigenvalue weighted by molar-refractivity contribution is 0.547. The van der Waals surface area contributed by atoms with Gasteiger partial charge in [-0.1, -0.05) is 52.3 Å². The molecule has 1 N–H and O–H groups in total. The smallest absolute Gasteiger partial charge is 0.129 e. The molecule has 0 fully saturated rings. The molecule has 1 nitrogen and oxygen atoms in total. The van der Waals surface area contributed by atoms with Crippen molar-refractivity contribution in [2.45, 2.75) is 65.2 Å². The minimum absolute atomic E-state index is 0.424. The van der Waals surface area contributed by atoms with Crippen LogP contribution in [0.3, 0.4) is 0 Å². The van der Waals surface area contributed by atoms with Crippen molar-refractivity contribution < 1.29 is 0 Å². The highest BCUT2D eigenvalue weighted by molar-refractivity contribution is 6.83. The van der Waals surface area contributed by atoms with Crippen LogP contribution in [0, 0.1) is 11.5 Å². The Morgan fingerprint density at radius 1 is 1.13 bits per heavy atom. The van der Waals surface area contributed by atoms with Crippen LogP contribution >= 0.6 is 0 Å². The summed E-state index contributed by atoms with van der Waals surface area (Å²) in [5.41, 5.74) is 3.46. The fourth-order valence-corrected chi connectivity index (χ4v) is 1.88. The van der Waals surface area contributed by atoms with Crippen LogP contribution in [0.25, 0.3) is 0 Å². The van der Waals surface area contributed by atoms with Crippen LogP contribution in [0.5, 0.6) is 0 Å². The lowest BCUT2D eigenvalue weighted by Crippen LogP contribution is -2.29. The van der Waals surface area contributed by atoms with Crippen molar-refractivity contribution in [2.24, 2.45) is 0 Å². The summed E-state index contributed by atoms with van der Waals surface area (Å²) < 4.78 is 0. The van der Waals surface area contributed by atoms with E-state index in [1.807, 2.05) is 0 Å². The minimum atomic E-state index is -1.20. The van der Waals surface area contributed by atoms with Gasteiger partial charge >= 0.3 is 0 Å². The topological polar surface area (TPSA) is 12.0 Å². The SMILES string of the molecule is CCCCNC(C#C[Si](C)(C)C)CCC. The van der Waals surface area contributed by atoms with E-state index in [0.29, 0.717) is 6.04 Å². The molecule has 0 aliphatic heterocycles. The standard InChI is InChI=1S/C13H27NSi/c1-6-8-11-14-13(9-7-2)10-12-15(3,4)5/h13-14H,6-9,11H2,1-5H3. The second kappa shape index (κ2) is 7.96. The molecule has 0 bridgehead atoms. The Morgan fingerprint density at radius 2 is 1.80 bits per heavy atom. The molecule has 0 rings (SSSR count). The lowest BCUT2D eigenvalue weighted by Gasteiger charge is -2.13. The summed E-state index contributed by atoms with van der Waals surface area (Å²) in [4.78, 5) is 0. The molecule has 0 saturated carbocycles. The fraction of sp³-hybridized carbons (Fsp3) is 0.846. The fourth-order valence-electron chi connectivity index (χ4n) is 1.27. The van der Waals surface area contributed by atoms with Crippen LogP contribution in [-0.2, 0) is 0 Å². The molecular weight excluding hydrogens is 198 g/mol. The predicted molar refractivity (Wildman–Crippen MR) is 72.7 cm³/mol. The van der Waals surface area contributed by atoms with Crippen molar-refractivity contribution in [3.05, 3.63) is 0 Å². The third kappa shape index (κ3) is 10.0. The van der Waals surface area contributed by atoms with Crippen LogP contribution in [0.2, 0.25) is 19.6 Å². The van der Waals surface area contributed by atoms with E-state index < -0.39 is 8.07 Å². The maximum absolute atomic E-state index is 3.54. The van der Waals surface area contributed by atoms with E-state index in [-0.39, 0.29) is 0 Å². The Morgan fingerprint density at radius 3 is 2.27 bits per heavy atom. The van der Waals surface area contributed by atoms with E-state index in [1.54, 1.807) is 0 Å². The van der Waals surface area contributed by atoms with Crippen LogP contribution in [0.4, 0.5) is 0 Å². The van der Waals surface area contributed by atoms with Gasteiger partial charge in [0.1, 0.15) is 8.07 Å². The molecule has 2 heteroatoms. The quantitative estimate of drug-likeness (QED) is 0.415. The van der Waals surface area contributed by atoms with Gasteiger partial charge in [0.2, 0.25) is 0 Å². The zero-order chi connectivity index (χ0) is 11.7. The van der Waals surface area contributed by atoms with E-state index in [1.165, 1.54) is 25.7 Å². The summed E-state index contributed by atoms with van der Waals surface area (Å²) >= 11 is 0. The molecule has 1 atom stereocenters. The highest BCUT2D eigenvalue weighted by Crippen LogP contribution is 2.00. The van der Waals surface area contributed by atoms with Crippen LogP contribution < -0.4 is 5.32 Å². The first-order chi connectivity index (χ1) is 6.99. The van der Waals surface area contributed by atoms with E-state index in [2.05, 4.69) is 50.3 Å². The third-order valence-electron chi connectivity index (χ3n) is 2.12. The highest BCUT2D eigenvalue weighted by atomic mass is 28.3. The van der Waals surface area contributed by atoms with Crippen molar-refractivity contribution >= 4 is 8.07 Å². The number of hydrogen-bond acceptors (Lipinski definition) is 1. The van der Waals surface area contributed by atoms with Crippen LogP contribution in [0.1, 0.15) is 39.5 Å². The van der Waals surface area contributed by atoms with E-state index in [0.717, 1.165) is 6.54 Å². The molecule has 0 heterocycles. The molecule has 88 valence electrons. The van der Waals surface area contributed by atoms with E-state index >= 15 is 0 Å². The van der Waals surface area contributed by atoms with Crippen LogP contribution in [-0.4, -0.2) is 20.7 Å². The molecule has 0 aromatic carbocycles. The van der Waals surface area contributed by atoms with Gasteiger partial charge in [-0.2, -0.15) is 0 Å². The summed E-state index contributed by atoms with van der Waals surface area (Å²) in [7, 11) is -1.20. The predicted octanol–water partition coefficient (Wildman–Crippen LogP) is 3.43. The Bertz CT molecular complexity index is 207. The molecule has 0 aliphatic carbocycles. The molecule has 0 saturated heterocycles. The number of unbranched alkanes of at least 4 members (excludes halogenated alkanes) is 1. The van der Waals surface area contributed by atoms with Crippen molar-refractivity contribution in [1.29, 1.82) is 0 Å². The third-order valence-corrected chi connectivity index (χ3v) is 3.01. The number of nitrogens with one attached hydrogen (secondary N) is 1. The molecule has 0 spiro atoms. The molecule has 15 heavy (non-hydrogen) atoms. The van der Waals surface area contributed by atoms with Crippen molar-refractivity contribution in [3.63, 3.8) is 0 Å². The first-order valence-electron chi connectivity index (χ1n) is 6.25. The van der Waals surface area contributed by atoms with Gasteiger partial charge in [-0.3, -0.25) is 0 Å². The monoisotopic (exact) mass is 225 g/mol. The summed E-state index contributed by atoms with van der Waals surface area (Å²) in [6.07, 6.45) is 4.91. The minimum Gasteiger partial charge on any atom is -0.304 e. The van der Waals surface area contributed by atoms with E-state index in [9.17, 15) is 0 Å². The maximum Gasteiger partial charge on any atom is 0.129 e. The summed E-state index contributed by atoms with van der Waals surface area (Å²) in [6, 6.07) is 0.424. The average Bonchev–Trinajstić information content (AvgIpc) is 2.13. The van der Waals surface area contributed by atoms with Crippen molar-refractivity contribution in [1.82, 2.24) is 5.32 Å². The second-order valence-corrected chi connectivity index (χ2v) is 9.92. The van der Waals surface area contributed by atoms with Gasteiger partial charge in [-0.05, 0) is 19.4 Å². The van der Waals surface area contributed by atoms with Gasteiger partial charge in [-0.15, -0.1) is 5.54 Å². The molecule has 0 amide bonds. The zero-order valence-electron chi connectivity index (χ0n) is 11.1. The van der Waals surface area contributed by atoms with Crippen molar-refractivity contribution in [3.8, 4) is 11.5 Å². The first-order valence-corrected chi connectivity index (χ1v) is 9.75. The van der Waals surface area contributed by atoms with Gasteiger partial charge in [-0.25, -0.2) is 0 Å². The van der Waals surface area contributed by atoms with Gasteiger partial charge in [0.25, 0.3) is 0 Å². The maximum atomic E-state index is 3.54. The van der Waals surface area contributed by atoms with Crippen LogP contribution in [0.15, 0.2) is 0 Å². The lowest BCUT2D eigenvalue weighted by atomic mass is 10.2. The van der Waals surface area contributed by atoms with Gasteiger partial charge in [0.15, 0.2) is 0 Å². The largest absolute Gasteiger partial charge is 0.304 e. The second-order valence-electron chi connectivity index (χ2n) is 5.17. The number of rotatable bonds is 6. The summed E-state index contributed by atoms with van der Waals surface area (Å²) in [5, 5.41) is 3.54. The first kappa shape index (κ1) is 14.7. The zero-order valence-corrected chi connectivity index (χ0v) is 12.1. The Hall–Kier alpha value is -0.263. The Labute approximate surface area is 97.0 Å². The molecule has 1 unspecified atom stereocenters. The Kier molecular flexibility index (Phi) is 7.82. The Balaban J connectivity index is 4.07. The molecular formula is C13H27NSi. The number of hydrogen-bond donors (Lipinski definition) is 1. The summed E-state index contributed by atoms with van der Waals surface area (Å²) in [5.74, 6) is 3.42. The van der Waals surface area contributed by atoms with E-state index in [4.69, 9.17) is 0 Å². The normalized spacial score (nSPS) is 13.1. The molecule has 0 aromatic heterocycles. The molecule has 0 radical (unpaired) electrons. The molecule has 0 aliphatic rings. The highest BCUT2D eigenvalue weighted by Gasteiger charge is 2.09. The summed E-state index contributed by atoms with van der Waals surface area (Å²) in [6.45, 7) is 12.5. The van der Waals surface area contributed by atoms with Gasteiger partial charge < -0.3 is 5.32 Å². The van der Waals surface area contributed by atoms with Gasteiger partial charge in [0, 0.05) is 0 Å².